The van der Waals surface area contributed by atoms with Gasteiger partial charge in [-0.15, -0.1) is 0 Å². The van der Waals surface area contributed by atoms with Gasteiger partial charge in [0.1, 0.15) is 5.82 Å². The van der Waals surface area contributed by atoms with Crippen LogP contribution in [0.1, 0.15) is 31.7 Å². The second kappa shape index (κ2) is 7.63. The van der Waals surface area contributed by atoms with Crippen molar-refractivity contribution in [2.45, 2.75) is 26.7 Å². The second-order valence-corrected chi connectivity index (χ2v) is 6.81. The van der Waals surface area contributed by atoms with Gasteiger partial charge < -0.3 is 9.64 Å². The zero-order valence-electron chi connectivity index (χ0n) is 14.4. The Morgan fingerprint density at radius 3 is 2.64 bits per heavy atom. The van der Waals surface area contributed by atoms with Crippen molar-refractivity contribution in [2.75, 3.05) is 19.7 Å². The van der Waals surface area contributed by atoms with Crippen LogP contribution in [0, 0.1) is 17.7 Å². The number of ether oxygens (including phenoxy) is 1. The molecule has 2 atom stereocenters. The molecule has 1 aliphatic heterocycles. The van der Waals surface area contributed by atoms with Gasteiger partial charge in [-0.05, 0) is 36.0 Å². The summed E-state index contributed by atoms with van der Waals surface area (Å²) in [7, 11) is 0. The van der Waals surface area contributed by atoms with Crippen molar-refractivity contribution in [3.63, 3.8) is 0 Å². The molecule has 1 amide bonds. The zero-order valence-corrected chi connectivity index (χ0v) is 14.4. The van der Waals surface area contributed by atoms with Crippen LogP contribution in [0.5, 0.6) is 6.08 Å². The van der Waals surface area contributed by atoms with Gasteiger partial charge in [-0.25, -0.2) is 4.39 Å². The average molecular weight is 347 g/mol. The molecule has 25 heavy (non-hydrogen) atoms. The summed E-state index contributed by atoms with van der Waals surface area (Å²) in [4.78, 5) is 18.2. The molecular weight excluding hydrogens is 325 g/mol. The number of halogens is 1. The number of hydrogen-bond donors (Lipinski definition) is 0. The first-order valence-corrected chi connectivity index (χ1v) is 8.47. The third-order valence-electron chi connectivity index (χ3n) is 4.27. The van der Waals surface area contributed by atoms with Crippen molar-refractivity contribution in [2.24, 2.45) is 11.8 Å². The van der Waals surface area contributed by atoms with E-state index in [1.165, 1.54) is 12.1 Å². The smallest absolute Gasteiger partial charge is 0.417 e. The molecule has 0 bridgehead atoms. The SMILES string of the molecule is C[C@@H]1C[C@H](C)CN(C(=O)COc2nc(Cc3ccc(F)cc3)no2)C1. The molecule has 1 fully saturated rings. The molecule has 1 aliphatic rings. The van der Waals surface area contributed by atoms with Gasteiger partial charge in [-0.2, -0.15) is 4.98 Å². The molecule has 0 saturated carbocycles. The number of nitrogens with zero attached hydrogens (tertiary/aromatic N) is 3. The molecule has 0 unspecified atom stereocenters. The lowest BCUT2D eigenvalue weighted by atomic mass is 9.92. The Kier molecular flexibility index (Phi) is 5.31. The normalized spacial score (nSPS) is 20.5. The lowest BCUT2D eigenvalue weighted by molar-refractivity contribution is -0.136. The summed E-state index contributed by atoms with van der Waals surface area (Å²) in [5, 5.41) is 3.82. The lowest BCUT2D eigenvalue weighted by Gasteiger charge is -2.34. The van der Waals surface area contributed by atoms with Crippen LogP contribution in [0.15, 0.2) is 28.8 Å². The average Bonchev–Trinajstić information content (AvgIpc) is 3.01. The highest BCUT2D eigenvalue weighted by Crippen LogP contribution is 2.21. The van der Waals surface area contributed by atoms with E-state index in [1.54, 1.807) is 12.1 Å². The van der Waals surface area contributed by atoms with E-state index in [0.29, 0.717) is 24.1 Å². The van der Waals surface area contributed by atoms with Crippen molar-refractivity contribution in [1.29, 1.82) is 0 Å². The quantitative estimate of drug-likeness (QED) is 0.832. The van der Waals surface area contributed by atoms with Gasteiger partial charge in [0.2, 0.25) is 0 Å². The number of likely N-dealkylation sites (tertiary alicyclic amines) is 1. The van der Waals surface area contributed by atoms with E-state index in [-0.39, 0.29) is 24.4 Å². The minimum absolute atomic E-state index is 0.0245. The summed E-state index contributed by atoms with van der Waals surface area (Å²) in [5.41, 5.74) is 0.862. The van der Waals surface area contributed by atoms with Crippen LogP contribution in [-0.2, 0) is 11.2 Å². The Hall–Kier alpha value is -2.44. The van der Waals surface area contributed by atoms with Gasteiger partial charge in [-0.3, -0.25) is 9.32 Å². The highest BCUT2D eigenvalue weighted by atomic mass is 19.1. The number of hydrogen-bond acceptors (Lipinski definition) is 5. The van der Waals surface area contributed by atoms with Gasteiger partial charge in [0.05, 0.1) is 0 Å². The molecular formula is C18H22FN3O3. The number of piperidine rings is 1. The number of benzene rings is 1. The Bertz CT molecular complexity index is 707. The van der Waals surface area contributed by atoms with E-state index in [2.05, 4.69) is 24.0 Å². The predicted octanol–water partition coefficient (Wildman–Crippen LogP) is 2.68. The van der Waals surface area contributed by atoms with E-state index >= 15 is 0 Å². The van der Waals surface area contributed by atoms with Gasteiger partial charge in [-0.1, -0.05) is 31.1 Å². The number of rotatable bonds is 5. The highest BCUT2D eigenvalue weighted by molar-refractivity contribution is 5.77. The molecule has 7 heteroatoms. The fourth-order valence-electron chi connectivity index (χ4n) is 3.23. The molecule has 2 aromatic rings. The molecule has 134 valence electrons. The van der Waals surface area contributed by atoms with Crippen molar-refractivity contribution in [3.8, 4) is 6.08 Å². The molecule has 6 nitrogen and oxygen atoms in total. The maximum absolute atomic E-state index is 12.9. The maximum atomic E-state index is 12.9. The summed E-state index contributed by atoms with van der Waals surface area (Å²) in [6.45, 7) is 5.70. The fraction of sp³-hybridized carbons (Fsp3) is 0.500. The van der Waals surface area contributed by atoms with Crippen LogP contribution >= 0.6 is 0 Å². The third-order valence-corrected chi connectivity index (χ3v) is 4.27. The summed E-state index contributed by atoms with van der Waals surface area (Å²) in [5.74, 6) is 1.06. The first-order valence-electron chi connectivity index (χ1n) is 8.47. The molecule has 0 spiro atoms. The second-order valence-electron chi connectivity index (χ2n) is 6.81. The topological polar surface area (TPSA) is 68.5 Å². The van der Waals surface area contributed by atoms with E-state index in [1.807, 2.05) is 4.90 Å². The summed E-state index contributed by atoms with van der Waals surface area (Å²) in [6, 6.07) is 6.08. The Labute approximate surface area is 146 Å². The lowest BCUT2D eigenvalue weighted by Crippen LogP contribution is -2.44. The van der Waals surface area contributed by atoms with E-state index in [0.717, 1.165) is 25.1 Å². The Balaban J connectivity index is 1.51. The number of carbonyl (C=O) groups is 1. The summed E-state index contributed by atoms with van der Waals surface area (Å²) in [6.07, 6.45) is 1.52. The number of amides is 1. The van der Waals surface area contributed by atoms with Crippen molar-refractivity contribution in [3.05, 3.63) is 41.5 Å². The van der Waals surface area contributed by atoms with Gasteiger partial charge in [0, 0.05) is 19.5 Å². The first-order chi connectivity index (χ1) is 12.0. The summed E-state index contributed by atoms with van der Waals surface area (Å²) < 4.78 is 23.3. The van der Waals surface area contributed by atoms with Gasteiger partial charge in [0.15, 0.2) is 12.4 Å². The maximum Gasteiger partial charge on any atom is 0.417 e. The molecule has 3 rings (SSSR count). The molecule has 1 aromatic carbocycles. The van der Waals surface area contributed by atoms with Crippen LogP contribution in [0.4, 0.5) is 4.39 Å². The number of aromatic nitrogens is 2. The summed E-state index contributed by atoms with van der Waals surface area (Å²) >= 11 is 0. The molecule has 0 N–H and O–H groups in total. The monoisotopic (exact) mass is 347 g/mol. The molecule has 1 saturated heterocycles. The van der Waals surface area contributed by atoms with E-state index in [9.17, 15) is 9.18 Å². The zero-order chi connectivity index (χ0) is 17.8. The highest BCUT2D eigenvalue weighted by Gasteiger charge is 2.25. The minimum Gasteiger partial charge on any atom is -0.439 e. The van der Waals surface area contributed by atoms with Crippen LogP contribution in [0.2, 0.25) is 0 Å². The first kappa shape index (κ1) is 17.4. The van der Waals surface area contributed by atoms with E-state index < -0.39 is 0 Å². The fourth-order valence-corrected chi connectivity index (χ4v) is 3.23. The van der Waals surface area contributed by atoms with E-state index in [4.69, 9.17) is 9.26 Å². The Morgan fingerprint density at radius 1 is 1.28 bits per heavy atom. The van der Waals surface area contributed by atoms with Crippen LogP contribution in [0.25, 0.3) is 0 Å². The molecule has 0 aliphatic carbocycles. The van der Waals surface area contributed by atoms with Crippen LogP contribution in [0.3, 0.4) is 0 Å². The van der Waals surface area contributed by atoms with Crippen molar-refractivity contribution in [1.82, 2.24) is 15.0 Å². The third kappa shape index (κ3) is 4.78. The molecule has 2 heterocycles. The largest absolute Gasteiger partial charge is 0.439 e. The predicted molar refractivity (Wildman–Crippen MR) is 88.5 cm³/mol. The van der Waals surface area contributed by atoms with Gasteiger partial charge in [0.25, 0.3) is 5.91 Å². The Morgan fingerprint density at radius 2 is 1.96 bits per heavy atom. The van der Waals surface area contributed by atoms with Crippen LogP contribution in [-0.4, -0.2) is 40.6 Å². The van der Waals surface area contributed by atoms with Crippen LogP contribution < -0.4 is 4.74 Å². The molecule has 0 radical (unpaired) electrons. The van der Waals surface area contributed by atoms with Crippen molar-refractivity contribution >= 4 is 5.91 Å². The minimum atomic E-state index is -0.291. The number of carbonyl (C=O) groups excluding carboxylic acids is 1. The standard InChI is InChI=1S/C18H22FN3O3/c1-12-7-13(2)10-22(9-12)17(23)11-24-18-20-16(21-25-18)8-14-3-5-15(19)6-4-14/h3-6,12-13H,7-11H2,1-2H3/t12-,13+. The van der Waals surface area contributed by atoms with Crippen molar-refractivity contribution < 1.29 is 18.4 Å². The van der Waals surface area contributed by atoms with Gasteiger partial charge >= 0.3 is 6.08 Å². The molecule has 1 aromatic heterocycles.